The van der Waals surface area contributed by atoms with E-state index in [4.69, 9.17) is 10.5 Å². The van der Waals surface area contributed by atoms with Gasteiger partial charge in [0, 0.05) is 25.3 Å². The maximum Gasteiger partial charge on any atom is 0.244 e. The second-order valence-electron chi connectivity index (χ2n) is 4.70. The van der Waals surface area contributed by atoms with E-state index in [9.17, 15) is 8.42 Å². The molecule has 0 bridgehead atoms. The topological polar surface area (TPSA) is 72.6 Å². The average molecular weight is 310 g/mol. The second kappa shape index (κ2) is 8.15. The normalized spacial score (nSPS) is 11.5. The third kappa shape index (κ3) is 4.55. The quantitative estimate of drug-likeness (QED) is 0.797. The van der Waals surface area contributed by atoms with Gasteiger partial charge in [-0.3, -0.25) is 0 Å². The van der Waals surface area contributed by atoms with Gasteiger partial charge in [-0.15, -0.1) is 0 Å². The number of hydrogen-bond donors (Lipinski definition) is 1. The first-order valence-corrected chi connectivity index (χ1v) is 8.18. The van der Waals surface area contributed by atoms with Crippen molar-refractivity contribution in [2.45, 2.75) is 24.8 Å². The molecule has 0 aliphatic heterocycles. The number of nitrogens with two attached hydrogens (primary N) is 1. The lowest BCUT2D eigenvalue weighted by atomic mass is 10.2. The highest BCUT2D eigenvalue weighted by molar-refractivity contribution is 7.89. The highest BCUT2D eigenvalue weighted by atomic mass is 32.2. The van der Waals surface area contributed by atoms with Crippen molar-refractivity contribution in [2.24, 2.45) is 5.73 Å². The van der Waals surface area contributed by atoms with Gasteiger partial charge in [0.05, 0.1) is 18.0 Å². The Balaban J connectivity index is 3.28. The molecule has 0 radical (unpaired) electrons. The molecule has 1 aromatic carbocycles. The van der Waals surface area contributed by atoms with Crippen molar-refractivity contribution < 1.29 is 13.2 Å². The van der Waals surface area contributed by atoms with E-state index in [2.05, 4.69) is 11.8 Å². The molecule has 0 spiro atoms. The van der Waals surface area contributed by atoms with Crippen LogP contribution in [-0.2, 0) is 14.8 Å². The summed E-state index contributed by atoms with van der Waals surface area (Å²) in [6.45, 7) is 4.50. The van der Waals surface area contributed by atoms with Crippen molar-refractivity contribution in [3.63, 3.8) is 0 Å². The summed E-state index contributed by atoms with van der Waals surface area (Å²) < 4.78 is 32.1. The lowest BCUT2D eigenvalue weighted by molar-refractivity contribution is 0.171. The molecule has 5 nitrogen and oxygen atoms in total. The van der Waals surface area contributed by atoms with Crippen molar-refractivity contribution in [2.75, 3.05) is 26.8 Å². The van der Waals surface area contributed by atoms with E-state index in [0.717, 1.165) is 0 Å². The molecule has 1 rings (SSSR count). The summed E-state index contributed by atoms with van der Waals surface area (Å²) in [7, 11) is -2.08. The molecule has 0 atom stereocenters. The van der Waals surface area contributed by atoms with E-state index in [0.29, 0.717) is 18.7 Å². The minimum atomic E-state index is -3.62. The first-order valence-electron chi connectivity index (χ1n) is 6.74. The van der Waals surface area contributed by atoms with Crippen LogP contribution in [0.4, 0.5) is 0 Å². The van der Waals surface area contributed by atoms with E-state index in [1.807, 2.05) is 13.8 Å². The second-order valence-corrected chi connectivity index (χ2v) is 6.56. The van der Waals surface area contributed by atoms with Gasteiger partial charge in [-0.1, -0.05) is 24.0 Å². The molecule has 0 amide bonds. The van der Waals surface area contributed by atoms with Crippen LogP contribution < -0.4 is 5.73 Å². The minimum absolute atomic E-state index is 0.166. The third-order valence-corrected chi connectivity index (χ3v) is 5.02. The zero-order valence-electron chi connectivity index (χ0n) is 12.7. The fourth-order valence-electron chi connectivity index (χ4n) is 1.90. The summed E-state index contributed by atoms with van der Waals surface area (Å²) in [5.41, 5.74) is 5.82. The summed E-state index contributed by atoms with van der Waals surface area (Å²) in [6, 6.07) is 6.53. The van der Waals surface area contributed by atoms with E-state index in [1.54, 1.807) is 31.4 Å². The fourth-order valence-corrected chi connectivity index (χ4v) is 3.67. The van der Waals surface area contributed by atoms with Crippen molar-refractivity contribution in [1.82, 2.24) is 4.31 Å². The van der Waals surface area contributed by atoms with Crippen LogP contribution in [0.2, 0.25) is 0 Å². The molecule has 0 aromatic heterocycles. The largest absolute Gasteiger partial charge is 0.383 e. The zero-order chi connectivity index (χ0) is 15.9. The lowest BCUT2D eigenvalue weighted by Gasteiger charge is -2.26. The Morgan fingerprint density at radius 1 is 1.33 bits per heavy atom. The van der Waals surface area contributed by atoms with Crippen molar-refractivity contribution in [3.8, 4) is 11.8 Å². The van der Waals surface area contributed by atoms with Crippen LogP contribution in [0.25, 0.3) is 0 Å². The maximum atomic E-state index is 12.8. The standard InChI is InChI=1S/C15H22N2O3S/c1-13(2)17(11-12-20-3)21(18,19)15-9-5-4-7-14(15)8-6-10-16/h4-5,7,9,13H,10-12,16H2,1-3H3. The van der Waals surface area contributed by atoms with Crippen molar-refractivity contribution >= 4 is 10.0 Å². The average Bonchev–Trinajstić information content (AvgIpc) is 2.45. The molecular formula is C15H22N2O3S. The lowest BCUT2D eigenvalue weighted by Crippen LogP contribution is -2.39. The monoisotopic (exact) mass is 310 g/mol. The van der Waals surface area contributed by atoms with Crippen LogP contribution in [0.15, 0.2) is 29.2 Å². The van der Waals surface area contributed by atoms with Gasteiger partial charge in [-0.05, 0) is 26.0 Å². The highest BCUT2D eigenvalue weighted by Crippen LogP contribution is 2.21. The highest BCUT2D eigenvalue weighted by Gasteiger charge is 2.28. The Morgan fingerprint density at radius 3 is 2.57 bits per heavy atom. The van der Waals surface area contributed by atoms with E-state index in [1.165, 1.54) is 4.31 Å². The Labute approximate surface area is 127 Å². The Morgan fingerprint density at radius 2 is 2.00 bits per heavy atom. The zero-order valence-corrected chi connectivity index (χ0v) is 13.5. The number of rotatable bonds is 6. The van der Waals surface area contributed by atoms with Crippen molar-refractivity contribution in [3.05, 3.63) is 29.8 Å². The molecule has 0 heterocycles. The maximum absolute atomic E-state index is 12.8. The molecule has 0 saturated heterocycles. The van der Waals surface area contributed by atoms with Gasteiger partial charge in [0.2, 0.25) is 10.0 Å². The first kappa shape index (κ1) is 17.7. The van der Waals surface area contributed by atoms with Crippen LogP contribution in [0, 0.1) is 11.8 Å². The first-order chi connectivity index (χ1) is 9.95. The summed E-state index contributed by atoms with van der Waals surface area (Å²) >= 11 is 0. The van der Waals surface area contributed by atoms with Crippen LogP contribution in [0.1, 0.15) is 19.4 Å². The number of hydrogen-bond acceptors (Lipinski definition) is 4. The summed E-state index contributed by atoms with van der Waals surface area (Å²) in [5, 5.41) is 0. The molecule has 0 unspecified atom stereocenters. The number of methoxy groups -OCH3 is 1. The molecule has 1 aromatic rings. The van der Waals surface area contributed by atoms with Gasteiger partial charge in [0.15, 0.2) is 0 Å². The van der Waals surface area contributed by atoms with Crippen molar-refractivity contribution in [1.29, 1.82) is 0 Å². The molecule has 6 heteroatoms. The summed E-state index contributed by atoms with van der Waals surface area (Å²) in [4.78, 5) is 0.204. The van der Waals surface area contributed by atoms with Gasteiger partial charge in [0.25, 0.3) is 0 Å². The Hall–Kier alpha value is -1.39. The van der Waals surface area contributed by atoms with Crippen LogP contribution >= 0.6 is 0 Å². The van der Waals surface area contributed by atoms with Crippen LogP contribution in [-0.4, -0.2) is 45.6 Å². The summed E-state index contributed by atoms with van der Waals surface area (Å²) in [5.74, 6) is 5.52. The molecule has 0 fully saturated rings. The Bertz CT molecular complexity index is 615. The van der Waals surface area contributed by atoms with E-state index >= 15 is 0 Å². The number of ether oxygens (including phenoxy) is 1. The SMILES string of the molecule is COCCN(C(C)C)S(=O)(=O)c1ccccc1C#CCN. The number of sulfonamides is 1. The molecular weight excluding hydrogens is 288 g/mol. The Kier molecular flexibility index (Phi) is 6.85. The van der Waals surface area contributed by atoms with Gasteiger partial charge in [-0.2, -0.15) is 4.31 Å². The van der Waals surface area contributed by atoms with Crippen LogP contribution in [0.3, 0.4) is 0 Å². The summed E-state index contributed by atoms with van der Waals surface area (Å²) in [6.07, 6.45) is 0. The predicted octanol–water partition coefficient (Wildman–Crippen LogP) is 1.04. The molecule has 21 heavy (non-hydrogen) atoms. The fraction of sp³-hybridized carbons (Fsp3) is 0.467. The van der Waals surface area contributed by atoms with Crippen LogP contribution in [0.5, 0.6) is 0 Å². The molecule has 0 saturated carbocycles. The molecule has 2 N–H and O–H groups in total. The van der Waals surface area contributed by atoms with Gasteiger partial charge < -0.3 is 10.5 Å². The third-order valence-electron chi connectivity index (χ3n) is 2.89. The molecule has 0 aliphatic carbocycles. The van der Waals surface area contributed by atoms with E-state index in [-0.39, 0.29) is 17.5 Å². The smallest absolute Gasteiger partial charge is 0.244 e. The van der Waals surface area contributed by atoms with Gasteiger partial charge in [-0.25, -0.2) is 8.42 Å². The minimum Gasteiger partial charge on any atom is -0.383 e. The van der Waals surface area contributed by atoms with Gasteiger partial charge >= 0.3 is 0 Å². The predicted molar refractivity (Wildman–Crippen MR) is 83.3 cm³/mol. The molecule has 116 valence electrons. The van der Waals surface area contributed by atoms with Gasteiger partial charge in [0.1, 0.15) is 0 Å². The molecule has 0 aliphatic rings. The number of benzene rings is 1. The number of nitrogens with zero attached hydrogens (tertiary/aromatic N) is 1. The van der Waals surface area contributed by atoms with E-state index < -0.39 is 10.0 Å².